The van der Waals surface area contributed by atoms with Crippen LogP contribution in [0.2, 0.25) is 0 Å². The molecule has 0 saturated heterocycles. The van der Waals surface area contributed by atoms with E-state index in [0.29, 0.717) is 22.8 Å². The van der Waals surface area contributed by atoms with Gasteiger partial charge in [0.1, 0.15) is 17.3 Å². The van der Waals surface area contributed by atoms with Crippen LogP contribution in [0, 0.1) is 24.0 Å². The number of carbonyl (C=O) groups is 1. The number of furan rings is 1. The van der Waals surface area contributed by atoms with Crippen molar-refractivity contribution in [2.45, 2.75) is 13.8 Å². The van der Waals surface area contributed by atoms with Crippen molar-refractivity contribution >= 4 is 17.8 Å². The molecule has 0 aliphatic carbocycles. The van der Waals surface area contributed by atoms with E-state index in [4.69, 9.17) is 9.15 Å². The molecule has 2 aromatic carbocycles. The highest BCUT2D eigenvalue weighted by Crippen LogP contribution is 2.24. The molecule has 1 N–H and O–H groups in total. The summed E-state index contributed by atoms with van der Waals surface area (Å²) in [7, 11) is 0. The first-order chi connectivity index (χ1) is 13.9. The molecule has 0 bridgehead atoms. The fourth-order valence-electron chi connectivity index (χ4n) is 2.63. The number of carbonyl (C=O) groups excluding carboxylic acids is 1. The Morgan fingerprint density at radius 3 is 2.62 bits per heavy atom. The van der Waals surface area contributed by atoms with Crippen LogP contribution in [0.3, 0.4) is 0 Å². The Balaban J connectivity index is 1.52. The molecule has 0 spiro atoms. The number of non-ortho nitro benzene ring substituents is 1. The van der Waals surface area contributed by atoms with Gasteiger partial charge in [-0.25, -0.2) is 5.43 Å². The number of hydrazone groups is 1. The zero-order valence-corrected chi connectivity index (χ0v) is 15.9. The lowest BCUT2D eigenvalue weighted by atomic mass is 10.1. The third kappa shape index (κ3) is 5.29. The smallest absolute Gasteiger partial charge is 0.277 e. The maximum atomic E-state index is 11.9. The summed E-state index contributed by atoms with van der Waals surface area (Å²) in [5.74, 6) is 1.21. The molecule has 0 saturated carbocycles. The molecule has 3 aromatic rings. The first-order valence-electron chi connectivity index (χ1n) is 8.79. The Hall–Kier alpha value is -3.94. The fraction of sp³-hybridized carbons (Fsp3) is 0.143. The number of nitro benzene ring substituents is 1. The number of nitrogens with one attached hydrogen (secondary N) is 1. The third-order valence-corrected chi connectivity index (χ3v) is 4.06. The molecule has 0 atom stereocenters. The molecule has 0 fully saturated rings. The average molecular weight is 393 g/mol. The summed E-state index contributed by atoms with van der Waals surface area (Å²) in [4.78, 5) is 22.1. The minimum absolute atomic E-state index is 0.00727. The second-order valence-corrected chi connectivity index (χ2v) is 6.36. The predicted molar refractivity (Wildman–Crippen MR) is 108 cm³/mol. The van der Waals surface area contributed by atoms with Gasteiger partial charge in [0.2, 0.25) is 0 Å². The fourth-order valence-corrected chi connectivity index (χ4v) is 2.63. The molecule has 8 heteroatoms. The van der Waals surface area contributed by atoms with Crippen LogP contribution in [0.1, 0.15) is 16.9 Å². The average Bonchev–Trinajstić information content (AvgIpc) is 3.16. The summed E-state index contributed by atoms with van der Waals surface area (Å²) in [6.45, 7) is 3.74. The molecule has 3 rings (SSSR count). The Morgan fingerprint density at radius 1 is 1.17 bits per heavy atom. The highest BCUT2D eigenvalue weighted by Gasteiger charge is 2.08. The Labute approximate surface area is 167 Å². The van der Waals surface area contributed by atoms with Gasteiger partial charge in [-0.15, -0.1) is 0 Å². The van der Waals surface area contributed by atoms with E-state index in [0.717, 1.165) is 11.1 Å². The second kappa shape index (κ2) is 8.83. The highest BCUT2D eigenvalue weighted by atomic mass is 16.6. The molecule has 1 heterocycles. The summed E-state index contributed by atoms with van der Waals surface area (Å²) in [5.41, 5.74) is 5.15. The Morgan fingerprint density at radius 2 is 1.93 bits per heavy atom. The predicted octanol–water partition coefficient (Wildman–Crippen LogP) is 4.00. The van der Waals surface area contributed by atoms with Crippen LogP contribution in [-0.2, 0) is 4.79 Å². The van der Waals surface area contributed by atoms with Crippen molar-refractivity contribution in [3.05, 3.63) is 81.6 Å². The first-order valence-corrected chi connectivity index (χ1v) is 8.79. The van der Waals surface area contributed by atoms with Crippen LogP contribution in [0.25, 0.3) is 11.3 Å². The van der Waals surface area contributed by atoms with Crippen molar-refractivity contribution in [1.82, 2.24) is 5.43 Å². The summed E-state index contributed by atoms with van der Waals surface area (Å²) >= 11 is 0. The van der Waals surface area contributed by atoms with Crippen molar-refractivity contribution in [1.29, 1.82) is 0 Å². The quantitative estimate of drug-likeness (QED) is 0.371. The van der Waals surface area contributed by atoms with Gasteiger partial charge in [-0.05, 0) is 49.7 Å². The van der Waals surface area contributed by atoms with Gasteiger partial charge in [0, 0.05) is 17.7 Å². The zero-order valence-electron chi connectivity index (χ0n) is 15.9. The van der Waals surface area contributed by atoms with Crippen molar-refractivity contribution < 1.29 is 18.9 Å². The van der Waals surface area contributed by atoms with E-state index in [1.807, 2.05) is 32.0 Å². The van der Waals surface area contributed by atoms with E-state index in [1.165, 1.54) is 18.3 Å². The van der Waals surface area contributed by atoms with Gasteiger partial charge in [-0.2, -0.15) is 5.10 Å². The largest absolute Gasteiger partial charge is 0.483 e. The van der Waals surface area contributed by atoms with Crippen LogP contribution < -0.4 is 10.2 Å². The summed E-state index contributed by atoms with van der Waals surface area (Å²) in [6.07, 6.45) is 1.36. The highest BCUT2D eigenvalue weighted by molar-refractivity contribution is 5.81. The maximum Gasteiger partial charge on any atom is 0.277 e. The lowest BCUT2D eigenvalue weighted by molar-refractivity contribution is -0.384. The lowest BCUT2D eigenvalue weighted by Crippen LogP contribution is -2.24. The van der Waals surface area contributed by atoms with Gasteiger partial charge in [0.05, 0.1) is 11.1 Å². The van der Waals surface area contributed by atoms with Crippen molar-refractivity contribution in [3.63, 3.8) is 0 Å². The first kappa shape index (κ1) is 19.8. The number of ether oxygens (including phenoxy) is 1. The van der Waals surface area contributed by atoms with Crippen LogP contribution in [-0.4, -0.2) is 23.7 Å². The second-order valence-electron chi connectivity index (χ2n) is 6.36. The van der Waals surface area contributed by atoms with E-state index in [2.05, 4.69) is 10.5 Å². The molecule has 29 heavy (non-hydrogen) atoms. The molecular weight excluding hydrogens is 374 g/mol. The number of nitrogens with zero attached hydrogens (tertiary/aromatic N) is 2. The standard InChI is InChI=1S/C21H19N3O5/c1-14-3-9-19(15(2)11-14)28-13-21(25)23-22-12-18-8-10-20(29-18)16-4-6-17(7-5-16)24(26)27/h3-12H,13H2,1-2H3,(H,23,25). The molecule has 8 nitrogen and oxygen atoms in total. The number of rotatable bonds is 7. The Kier molecular flexibility index (Phi) is 6.03. The molecule has 148 valence electrons. The minimum Gasteiger partial charge on any atom is -0.483 e. The number of nitro groups is 1. The van der Waals surface area contributed by atoms with Gasteiger partial charge in [0.25, 0.3) is 11.6 Å². The summed E-state index contributed by atoms with van der Waals surface area (Å²) < 4.78 is 11.1. The molecule has 0 unspecified atom stereocenters. The van der Waals surface area contributed by atoms with Crippen LogP contribution in [0.5, 0.6) is 5.75 Å². The van der Waals surface area contributed by atoms with Gasteiger partial charge in [-0.3, -0.25) is 14.9 Å². The SMILES string of the molecule is Cc1ccc(OCC(=O)NN=Cc2ccc(-c3ccc([N+](=O)[O-])cc3)o2)c(C)c1. The third-order valence-electron chi connectivity index (χ3n) is 4.06. The van der Waals surface area contributed by atoms with Crippen molar-refractivity contribution in [3.8, 4) is 17.1 Å². The summed E-state index contributed by atoms with van der Waals surface area (Å²) in [5, 5.41) is 14.6. The monoisotopic (exact) mass is 393 g/mol. The van der Waals surface area contributed by atoms with Crippen molar-refractivity contribution in [2.24, 2.45) is 5.10 Å². The maximum absolute atomic E-state index is 11.9. The van der Waals surface area contributed by atoms with Crippen LogP contribution in [0.15, 0.2) is 64.1 Å². The molecule has 0 radical (unpaired) electrons. The number of amides is 1. The van der Waals surface area contributed by atoms with E-state index in [1.54, 1.807) is 24.3 Å². The summed E-state index contributed by atoms with van der Waals surface area (Å²) in [6, 6.07) is 15.1. The van der Waals surface area contributed by atoms with E-state index in [-0.39, 0.29) is 12.3 Å². The Bertz CT molecular complexity index is 1050. The number of aryl methyl sites for hydroxylation is 2. The van der Waals surface area contributed by atoms with Crippen LogP contribution >= 0.6 is 0 Å². The molecular formula is C21H19N3O5. The number of hydrogen-bond acceptors (Lipinski definition) is 6. The number of hydrogen-bond donors (Lipinski definition) is 1. The molecule has 0 aliphatic rings. The van der Waals surface area contributed by atoms with Crippen molar-refractivity contribution in [2.75, 3.05) is 6.61 Å². The van der Waals surface area contributed by atoms with Gasteiger partial charge >= 0.3 is 0 Å². The van der Waals surface area contributed by atoms with E-state index >= 15 is 0 Å². The molecule has 1 aromatic heterocycles. The zero-order chi connectivity index (χ0) is 20.8. The van der Waals surface area contributed by atoms with E-state index < -0.39 is 10.8 Å². The van der Waals surface area contributed by atoms with Gasteiger partial charge < -0.3 is 9.15 Å². The van der Waals surface area contributed by atoms with Gasteiger partial charge in [0.15, 0.2) is 6.61 Å². The number of benzene rings is 2. The molecule has 1 amide bonds. The van der Waals surface area contributed by atoms with Gasteiger partial charge in [-0.1, -0.05) is 17.7 Å². The normalized spacial score (nSPS) is 10.8. The molecule has 0 aliphatic heterocycles. The van der Waals surface area contributed by atoms with E-state index in [9.17, 15) is 14.9 Å². The lowest BCUT2D eigenvalue weighted by Gasteiger charge is -2.08. The minimum atomic E-state index is -0.462. The van der Waals surface area contributed by atoms with Crippen LogP contribution in [0.4, 0.5) is 5.69 Å². The topological polar surface area (TPSA) is 107 Å².